The van der Waals surface area contributed by atoms with Crippen molar-refractivity contribution in [3.05, 3.63) is 64.0 Å². The van der Waals surface area contributed by atoms with Crippen molar-refractivity contribution >= 4 is 21.6 Å². The summed E-state index contributed by atoms with van der Waals surface area (Å²) >= 11 is 3.64. The molecule has 5 heteroatoms. The SMILES string of the molecule is Brc1cccc2c1CCC2NCc1nnc2ccccn12. The molecule has 3 aromatic rings. The predicted octanol–water partition coefficient (Wildman–Crippen LogP) is 3.27. The summed E-state index contributed by atoms with van der Waals surface area (Å²) in [6.07, 6.45) is 4.26. The average molecular weight is 343 g/mol. The van der Waals surface area contributed by atoms with Crippen LogP contribution in [0.2, 0.25) is 0 Å². The van der Waals surface area contributed by atoms with Gasteiger partial charge in [-0.05, 0) is 42.2 Å². The van der Waals surface area contributed by atoms with Gasteiger partial charge in [-0.2, -0.15) is 0 Å². The van der Waals surface area contributed by atoms with E-state index < -0.39 is 0 Å². The van der Waals surface area contributed by atoms with Crippen molar-refractivity contribution < 1.29 is 0 Å². The Hall–Kier alpha value is -1.72. The van der Waals surface area contributed by atoms with Gasteiger partial charge in [0.05, 0.1) is 6.54 Å². The maximum absolute atomic E-state index is 4.27. The number of benzene rings is 1. The number of nitrogens with zero attached hydrogens (tertiary/aromatic N) is 3. The number of halogens is 1. The lowest BCUT2D eigenvalue weighted by Crippen LogP contribution is -2.20. The molecule has 0 amide bonds. The first kappa shape index (κ1) is 13.0. The first-order chi connectivity index (χ1) is 10.3. The largest absolute Gasteiger partial charge is 0.303 e. The highest BCUT2D eigenvalue weighted by Gasteiger charge is 2.23. The molecule has 1 atom stereocenters. The Morgan fingerprint density at radius 3 is 3.10 bits per heavy atom. The summed E-state index contributed by atoms with van der Waals surface area (Å²) < 4.78 is 3.25. The summed E-state index contributed by atoms with van der Waals surface area (Å²) in [6, 6.07) is 12.8. The third-order valence-corrected chi connectivity index (χ3v) is 4.85. The van der Waals surface area contributed by atoms with Gasteiger partial charge in [0.1, 0.15) is 0 Å². The third kappa shape index (κ3) is 2.26. The van der Waals surface area contributed by atoms with E-state index >= 15 is 0 Å². The van der Waals surface area contributed by atoms with Crippen LogP contribution in [0.15, 0.2) is 47.1 Å². The molecular weight excluding hydrogens is 328 g/mol. The number of aromatic nitrogens is 3. The topological polar surface area (TPSA) is 42.2 Å². The second kappa shape index (κ2) is 5.24. The van der Waals surface area contributed by atoms with Crippen LogP contribution < -0.4 is 5.32 Å². The van der Waals surface area contributed by atoms with E-state index in [0.717, 1.165) is 30.9 Å². The Balaban J connectivity index is 1.55. The molecule has 1 N–H and O–H groups in total. The van der Waals surface area contributed by atoms with Gasteiger partial charge in [-0.25, -0.2) is 0 Å². The van der Waals surface area contributed by atoms with Crippen LogP contribution in [0, 0.1) is 0 Å². The molecule has 21 heavy (non-hydrogen) atoms. The van der Waals surface area contributed by atoms with Crippen molar-refractivity contribution in [2.45, 2.75) is 25.4 Å². The lowest BCUT2D eigenvalue weighted by molar-refractivity contribution is 0.517. The zero-order chi connectivity index (χ0) is 14.2. The van der Waals surface area contributed by atoms with Gasteiger partial charge in [-0.1, -0.05) is 34.1 Å². The number of rotatable bonds is 3. The molecule has 0 spiro atoms. The normalized spacial score (nSPS) is 17.3. The second-order valence-electron chi connectivity index (χ2n) is 5.32. The fraction of sp³-hybridized carbons (Fsp3) is 0.250. The Bertz CT molecular complexity index is 796. The Morgan fingerprint density at radius 2 is 2.14 bits per heavy atom. The van der Waals surface area contributed by atoms with Gasteiger partial charge in [0.2, 0.25) is 0 Å². The molecule has 2 aromatic heterocycles. The Morgan fingerprint density at radius 1 is 1.19 bits per heavy atom. The molecule has 0 bridgehead atoms. The molecule has 1 unspecified atom stereocenters. The molecule has 0 fully saturated rings. The Labute approximate surface area is 131 Å². The molecule has 0 saturated heterocycles. The number of hydrogen-bond donors (Lipinski definition) is 1. The smallest absolute Gasteiger partial charge is 0.160 e. The summed E-state index contributed by atoms with van der Waals surface area (Å²) in [5, 5.41) is 12.1. The Kier molecular flexibility index (Phi) is 3.24. The number of fused-ring (bicyclic) bond motifs is 2. The lowest BCUT2D eigenvalue weighted by Gasteiger charge is -2.13. The fourth-order valence-corrected chi connectivity index (χ4v) is 3.63. The highest BCUT2D eigenvalue weighted by Crippen LogP contribution is 2.35. The van der Waals surface area contributed by atoms with Crippen LogP contribution in [0.25, 0.3) is 5.65 Å². The second-order valence-corrected chi connectivity index (χ2v) is 6.18. The van der Waals surface area contributed by atoms with Gasteiger partial charge in [0, 0.05) is 16.7 Å². The van der Waals surface area contributed by atoms with E-state index in [-0.39, 0.29) is 0 Å². The van der Waals surface area contributed by atoms with Gasteiger partial charge < -0.3 is 5.32 Å². The highest BCUT2D eigenvalue weighted by molar-refractivity contribution is 9.10. The molecule has 4 nitrogen and oxygen atoms in total. The van der Waals surface area contributed by atoms with Crippen LogP contribution in [0.3, 0.4) is 0 Å². The number of hydrogen-bond acceptors (Lipinski definition) is 3. The van der Waals surface area contributed by atoms with E-state index in [0.29, 0.717) is 6.04 Å². The van der Waals surface area contributed by atoms with Crippen LogP contribution in [0.1, 0.15) is 29.4 Å². The molecule has 1 aromatic carbocycles. The van der Waals surface area contributed by atoms with E-state index in [9.17, 15) is 0 Å². The van der Waals surface area contributed by atoms with Crippen molar-refractivity contribution in [2.24, 2.45) is 0 Å². The van der Waals surface area contributed by atoms with Crippen LogP contribution in [0.4, 0.5) is 0 Å². The summed E-state index contributed by atoms with van der Waals surface area (Å²) in [7, 11) is 0. The van der Waals surface area contributed by atoms with Crippen LogP contribution in [-0.2, 0) is 13.0 Å². The van der Waals surface area contributed by atoms with Crippen molar-refractivity contribution in [3.8, 4) is 0 Å². The minimum atomic E-state index is 0.397. The molecule has 1 aliphatic rings. The van der Waals surface area contributed by atoms with Gasteiger partial charge in [0.15, 0.2) is 11.5 Å². The first-order valence-corrected chi connectivity index (χ1v) is 7.91. The molecule has 0 radical (unpaired) electrons. The van der Waals surface area contributed by atoms with Gasteiger partial charge >= 0.3 is 0 Å². The minimum absolute atomic E-state index is 0.397. The van der Waals surface area contributed by atoms with Gasteiger partial charge in [0.25, 0.3) is 0 Å². The zero-order valence-electron chi connectivity index (χ0n) is 11.5. The molecule has 4 rings (SSSR count). The van der Waals surface area contributed by atoms with E-state index in [1.807, 2.05) is 28.8 Å². The van der Waals surface area contributed by atoms with Crippen LogP contribution in [-0.4, -0.2) is 14.6 Å². The van der Waals surface area contributed by atoms with Crippen LogP contribution in [0.5, 0.6) is 0 Å². The third-order valence-electron chi connectivity index (χ3n) is 4.10. The van der Waals surface area contributed by atoms with E-state index in [1.165, 1.54) is 15.6 Å². The van der Waals surface area contributed by atoms with Crippen molar-refractivity contribution in [3.63, 3.8) is 0 Å². The summed E-state index contributed by atoms with van der Waals surface area (Å²) in [6.45, 7) is 0.724. The quantitative estimate of drug-likeness (QED) is 0.794. The predicted molar refractivity (Wildman–Crippen MR) is 85.0 cm³/mol. The number of nitrogens with one attached hydrogen (secondary N) is 1. The molecular formula is C16H15BrN4. The maximum atomic E-state index is 4.27. The standard InChI is InChI=1S/C16H15BrN4/c17-13-5-3-4-12-11(13)7-8-14(12)18-10-16-20-19-15-6-1-2-9-21(15)16/h1-6,9,14,18H,7-8,10H2. The summed E-state index contributed by atoms with van der Waals surface area (Å²) in [5.74, 6) is 0.953. The van der Waals surface area contributed by atoms with E-state index in [2.05, 4.69) is 49.6 Å². The van der Waals surface area contributed by atoms with Gasteiger partial charge in [-0.3, -0.25) is 4.40 Å². The monoisotopic (exact) mass is 342 g/mol. The zero-order valence-corrected chi connectivity index (χ0v) is 13.0. The molecule has 0 saturated carbocycles. The maximum Gasteiger partial charge on any atom is 0.160 e. The summed E-state index contributed by atoms with van der Waals surface area (Å²) in [5.41, 5.74) is 3.73. The van der Waals surface area contributed by atoms with Crippen molar-refractivity contribution in [1.82, 2.24) is 19.9 Å². The summed E-state index contributed by atoms with van der Waals surface area (Å²) in [4.78, 5) is 0. The van der Waals surface area contributed by atoms with Gasteiger partial charge in [-0.15, -0.1) is 10.2 Å². The van der Waals surface area contributed by atoms with E-state index in [4.69, 9.17) is 0 Å². The molecule has 106 valence electrons. The van der Waals surface area contributed by atoms with Crippen molar-refractivity contribution in [2.75, 3.05) is 0 Å². The molecule has 0 aliphatic heterocycles. The van der Waals surface area contributed by atoms with Crippen LogP contribution >= 0.6 is 15.9 Å². The highest BCUT2D eigenvalue weighted by atomic mass is 79.9. The minimum Gasteiger partial charge on any atom is -0.303 e. The molecule has 2 heterocycles. The van der Waals surface area contributed by atoms with Crippen molar-refractivity contribution in [1.29, 1.82) is 0 Å². The fourth-order valence-electron chi connectivity index (χ4n) is 3.05. The lowest BCUT2D eigenvalue weighted by atomic mass is 10.1. The number of pyridine rings is 1. The average Bonchev–Trinajstić information content (AvgIpc) is 3.10. The first-order valence-electron chi connectivity index (χ1n) is 7.12. The van der Waals surface area contributed by atoms with E-state index in [1.54, 1.807) is 0 Å². The molecule has 1 aliphatic carbocycles.